The van der Waals surface area contributed by atoms with E-state index < -0.39 is 0 Å². The van der Waals surface area contributed by atoms with Crippen molar-refractivity contribution in [2.24, 2.45) is 0 Å². The number of thioether (sulfide) groups is 1. The topological polar surface area (TPSA) is 100 Å². The van der Waals surface area contributed by atoms with Crippen LogP contribution in [0.2, 0.25) is 0 Å². The predicted octanol–water partition coefficient (Wildman–Crippen LogP) is 3.51. The second-order valence-electron chi connectivity index (χ2n) is 7.43. The number of rotatable bonds is 8. The fraction of sp³-hybridized carbons (Fsp3) is 0.261. The summed E-state index contributed by atoms with van der Waals surface area (Å²) in [5.74, 6) is 1.52. The summed E-state index contributed by atoms with van der Waals surface area (Å²) in [5.41, 5.74) is 8.90. The first-order chi connectivity index (χ1) is 16.1. The van der Waals surface area contributed by atoms with Crippen LogP contribution in [0, 0.1) is 0 Å². The molecule has 0 spiro atoms. The third-order valence-electron chi connectivity index (χ3n) is 4.99. The first-order valence-corrected chi connectivity index (χ1v) is 11.8. The number of ether oxygens (including phenoxy) is 2. The molecule has 8 nitrogen and oxygen atoms in total. The van der Waals surface area contributed by atoms with Crippen LogP contribution in [-0.2, 0) is 4.79 Å². The fourth-order valence-electron chi connectivity index (χ4n) is 3.09. The molecule has 172 valence electrons. The fourth-order valence-corrected chi connectivity index (χ4v) is 3.98. The normalized spacial score (nSPS) is 12.7. The second kappa shape index (κ2) is 10.6. The Morgan fingerprint density at radius 1 is 1.03 bits per heavy atom. The second-order valence-corrected chi connectivity index (χ2v) is 8.80. The van der Waals surface area contributed by atoms with E-state index in [-0.39, 0.29) is 11.7 Å². The molecule has 10 heteroatoms. The van der Waals surface area contributed by atoms with E-state index in [0.717, 1.165) is 46.9 Å². The van der Waals surface area contributed by atoms with Gasteiger partial charge in [0.25, 0.3) is 0 Å². The Morgan fingerprint density at radius 2 is 1.64 bits per heavy atom. The van der Waals surface area contributed by atoms with Crippen molar-refractivity contribution in [1.29, 1.82) is 0 Å². The monoisotopic (exact) mass is 483 g/mol. The number of hydrazine groups is 1. The number of nitrogens with one attached hydrogen (secondary N) is 4. The van der Waals surface area contributed by atoms with Crippen LogP contribution in [0.1, 0.15) is 12.8 Å². The van der Waals surface area contributed by atoms with E-state index in [1.807, 2.05) is 48.5 Å². The Hall–Kier alpha value is -3.24. The summed E-state index contributed by atoms with van der Waals surface area (Å²) in [6.07, 6.45) is 2.22. The molecule has 4 N–H and O–H groups in total. The average molecular weight is 484 g/mol. The lowest BCUT2D eigenvalue weighted by molar-refractivity contribution is -0.119. The predicted molar refractivity (Wildman–Crippen MR) is 133 cm³/mol. The maximum Gasteiger partial charge on any atom is 0.248 e. The van der Waals surface area contributed by atoms with E-state index in [0.29, 0.717) is 16.3 Å². The SMILES string of the molecule is COc1ccc(-c2nc(SCC(=O)NNC(=S)NC3CC3)[nH]c2-c2ccc(OC)cc2)cc1. The zero-order valence-electron chi connectivity index (χ0n) is 18.3. The molecule has 1 aromatic heterocycles. The number of carbonyl (C=O) groups is 1. The van der Waals surface area contributed by atoms with Crippen molar-refractivity contribution in [2.45, 2.75) is 24.0 Å². The van der Waals surface area contributed by atoms with Crippen LogP contribution in [0.4, 0.5) is 0 Å². The molecule has 33 heavy (non-hydrogen) atoms. The van der Waals surface area contributed by atoms with E-state index in [4.69, 9.17) is 26.7 Å². The van der Waals surface area contributed by atoms with Gasteiger partial charge in [0, 0.05) is 17.2 Å². The molecule has 3 aromatic rings. The standard InChI is InChI=1S/C23H25N5O3S2/c1-30-17-9-3-14(4-10-17)20-21(15-5-11-18(31-2)12-6-15)26-23(25-20)33-13-19(29)27-28-22(32)24-16-7-8-16/h3-6,9-12,16H,7-8,13H2,1-2H3,(H,25,26)(H,27,29)(H2,24,28,32). The molecule has 0 atom stereocenters. The van der Waals surface area contributed by atoms with E-state index in [1.54, 1.807) is 14.2 Å². The molecular weight excluding hydrogens is 458 g/mol. The molecule has 0 bridgehead atoms. The minimum atomic E-state index is -0.201. The molecule has 1 aliphatic carbocycles. The number of aromatic nitrogens is 2. The van der Waals surface area contributed by atoms with Crippen LogP contribution in [0.25, 0.3) is 22.5 Å². The van der Waals surface area contributed by atoms with Crippen LogP contribution < -0.4 is 25.6 Å². The number of hydrogen-bond donors (Lipinski definition) is 4. The summed E-state index contributed by atoms with van der Waals surface area (Å²) >= 11 is 6.46. The molecule has 0 radical (unpaired) electrons. The molecule has 0 saturated heterocycles. The van der Waals surface area contributed by atoms with Crippen molar-refractivity contribution in [1.82, 2.24) is 26.1 Å². The van der Waals surface area contributed by atoms with Gasteiger partial charge in [-0.1, -0.05) is 11.8 Å². The zero-order valence-corrected chi connectivity index (χ0v) is 19.9. The third kappa shape index (κ3) is 6.17. The lowest BCUT2D eigenvalue weighted by Gasteiger charge is -2.10. The molecule has 2 aromatic carbocycles. The largest absolute Gasteiger partial charge is 0.497 e. The van der Waals surface area contributed by atoms with E-state index in [2.05, 4.69) is 21.2 Å². The van der Waals surface area contributed by atoms with Gasteiger partial charge < -0.3 is 19.8 Å². The van der Waals surface area contributed by atoms with Crippen molar-refractivity contribution in [3.05, 3.63) is 48.5 Å². The smallest absolute Gasteiger partial charge is 0.248 e. The van der Waals surface area contributed by atoms with Gasteiger partial charge in [0.1, 0.15) is 11.5 Å². The van der Waals surface area contributed by atoms with Crippen molar-refractivity contribution < 1.29 is 14.3 Å². The number of benzene rings is 2. The van der Waals surface area contributed by atoms with E-state index in [9.17, 15) is 4.79 Å². The molecule has 1 aliphatic rings. The minimum Gasteiger partial charge on any atom is -0.497 e. The van der Waals surface area contributed by atoms with Gasteiger partial charge in [0.2, 0.25) is 5.91 Å². The number of nitrogens with zero attached hydrogens (tertiary/aromatic N) is 1. The number of H-pyrrole nitrogens is 1. The van der Waals surface area contributed by atoms with E-state index in [1.165, 1.54) is 11.8 Å². The van der Waals surface area contributed by atoms with Gasteiger partial charge in [0.05, 0.1) is 31.4 Å². The number of amides is 1. The number of imidazole rings is 1. The number of carbonyl (C=O) groups excluding carboxylic acids is 1. The highest BCUT2D eigenvalue weighted by Crippen LogP contribution is 2.34. The maximum absolute atomic E-state index is 12.2. The third-order valence-corrected chi connectivity index (χ3v) is 6.09. The van der Waals surface area contributed by atoms with Gasteiger partial charge in [-0.05, 0) is 73.6 Å². The Labute approximate surface area is 201 Å². The first kappa shape index (κ1) is 22.9. The average Bonchev–Trinajstić information content (AvgIpc) is 3.56. The zero-order chi connectivity index (χ0) is 23.2. The van der Waals surface area contributed by atoms with Crippen LogP contribution in [0.5, 0.6) is 11.5 Å². The minimum absolute atomic E-state index is 0.177. The Bertz CT molecular complexity index is 1050. The van der Waals surface area contributed by atoms with Crippen LogP contribution in [0.15, 0.2) is 53.7 Å². The first-order valence-electron chi connectivity index (χ1n) is 10.4. The summed E-state index contributed by atoms with van der Waals surface area (Å²) in [6, 6.07) is 15.9. The molecule has 0 aliphatic heterocycles. The molecule has 1 fully saturated rings. The molecule has 4 rings (SSSR count). The summed E-state index contributed by atoms with van der Waals surface area (Å²) in [4.78, 5) is 20.4. The Morgan fingerprint density at radius 3 is 2.21 bits per heavy atom. The number of methoxy groups -OCH3 is 2. The lowest BCUT2D eigenvalue weighted by atomic mass is 10.0. The summed E-state index contributed by atoms with van der Waals surface area (Å²) < 4.78 is 10.5. The van der Waals surface area contributed by atoms with Crippen molar-refractivity contribution >= 4 is 35.0 Å². The molecule has 1 amide bonds. The van der Waals surface area contributed by atoms with Gasteiger partial charge in [0.15, 0.2) is 10.3 Å². The Balaban J connectivity index is 1.48. The van der Waals surface area contributed by atoms with Gasteiger partial charge in [-0.3, -0.25) is 15.6 Å². The van der Waals surface area contributed by atoms with Crippen molar-refractivity contribution in [2.75, 3.05) is 20.0 Å². The lowest BCUT2D eigenvalue weighted by Crippen LogP contribution is -2.47. The van der Waals surface area contributed by atoms with Gasteiger partial charge in [-0.25, -0.2) is 4.98 Å². The van der Waals surface area contributed by atoms with Gasteiger partial charge in [-0.2, -0.15) is 0 Å². The van der Waals surface area contributed by atoms with Crippen molar-refractivity contribution in [3.8, 4) is 34.0 Å². The molecule has 0 unspecified atom stereocenters. The number of aromatic amines is 1. The highest BCUT2D eigenvalue weighted by Gasteiger charge is 2.22. The number of hydrogen-bond acceptors (Lipinski definition) is 6. The van der Waals surface area contributed by atoms with Crippen LogP contribution in [0.3, 0.4) is 0 Å². The highest BCUT2D eigenvalue weighted by molar-refractivity contribution is 7.99. The van der Waals surface area contributed by atoms with Crippen LogP contribution in [-0.4, -0.2) is 47.0 Å². The highest BCUT2D eigenvalue weighted by atomic mass is 32.2. The van der Waals surface area contributed by atoms with Gasteiger partial charge in [-0.15, -0.1) is 0 Å². The summed E-state index contributed by atoms with van der Waals surface area (Å²) in [5, 5.41) is 4.18. The van der Waals surface area contributed by atoms with Crippen LogP contribution >= 0.6 is 24.0 Å². The molecule has 1 heterocycles. The summed E-state index contributed by atoms with van der Waals surface area (Å²) in [6.45, 7) is 0. The number of thiocarbonyl (C=S) groups is 1. The molecule has 1 saturated carbocycles. The Kier molecular flexibility index (Phi) is 7.36. The molecular formula is C23H25N5O3S2. The van der Waals surface area contributed by atoms with Crippen molar-refractivity contribution in [3.63, 3.8) is 0 Å². The van der Waals surface area contributed by atoms with Gasteiger partial charge >= 0.3 is 0 Å². The maximum atomic E-state index is 12.2. The van der Waals surface area contributed by atoms with E-state index >= 15 is 0 Å². The summed E-state index contributed by atoms with van der Waals surface area (Å²) in [7, 11) is 3.27. The quantitative estimate of drug-likeness (QED) is 0.219.